The second-order valence-electron chi connectivity index (χ2n) is 6.36. The molecule has 1 heterocycles. The maximum Gasteiger partial charge on any atom is 0.217 e. The lowest BCUT2D eigenvalue weighted by molar-refractivity contribution is -0.121. The molecule has 1 aliphatic carbocycles. The summed E-state index contributed by atoms with van der Waals surface area (Å²) >= 11 is 0. The van der Waals surface area contributed by atoms with Crippen molar-refractivity contribution in [1.82, 2.24) is 10.2 Å². The number of carbonyl (C=O) groups is 1. The van der Waals surface area contributed by atoms with E-state index in [4.69, 9.17) is 0 Å². The van der Waals surface area contributed by atoms with Crippen LogP contribution in [0.4, 0.5) is 0 Å². The van der Waals surface area contributed by atoms with E-state index >= 15 is 0 Å². The van der Waals surface area contributed by atoms with E-state index < -0.39 is 0 Å². The third kappa shape index (κ3) is 3.04. The van der Waals surface area contributed by atoms with Gasteiger partial charge >= 0.3 is 0 Å². The van der Waals surface area contributed by atoms with Gasteiger partial charge in [0.1, 0.15) is 0 Å². The lowest BCUT2D eigenvalue weighted by Gasteiger charge is -2.47. The van der Waals surface area contributed by atoms with Crippen LogP contribution in [-0.2, 0) is 11.3 Å². The summed E-state index contributed by atoms with van der Waals surface area (Å²) in [6.45, 7) is 4.93. The first-order valence-corrected chi connectivity index (χ1v) is 7.76. The highest BCUT2D eigenvalue weighted by Crippen LogP contribution is 2.35. The van der Waals surface area contributed by atoms with E-state index in [1.165, 1.54) is 24.8 Å². The Kier molecular flexibility index (Phi) is 4.06. The van der Waals surface area contributed by atoms with Crippen molar-refractivity contribution in [3.05, 3.63) is 35.9 Å². The molecule has 1 N–H and O–H groups in total. The van der Waals surface area contributed by atoms with Gasteiger partial charge in [-0.15, -0.1) is 0 Å². The minimum absolute atomic E-state index is 0.128. The Labute approximate surface area is 121 Å². The number of hydrogen-bond donors (Lipinski definition) is 1. The van der Waals surface area contributed by atoms with Crippen LogP contribution in [0.3, 0.4) is 0 Å². The molecule has 2 fully saturated rings. The molecular weight excluding hydrogens is 248 g/mol. The summed E-state index contributed by atoms with van der Waals surface area (Å²) in [6.07, 6.45) is 3.84. The molecule has 2 aliphatic rings. The topological polar surface area (TPSA) is 32.3 Å². The standard InChI is InChI=1S/C17H24N2O/c1-13(20)18-17-15-8-5-9-16(17)12-19(11-15)10-14-6-3-2-4-7-14/h2-4,6-7,15-17H,5,8-12H2,1H3,(H,18,20). The van der Waals surface area contributed by atoms with Gasteiger partial charge in [-0.1, -0.05) is 36.8 Å². The molecule has 0 radical (unpaired) electrons. The smallest absolute Gasteiger partial charge is 0.217 e. The lowest BCUT2D eigenvalue weighted by Crippen LogP contribution is -2.57. The number of benzene rings is 1. The van der Waals surface area contributed by atoms with Crippen LogP contribution in [0.2, 0.25) is 0 Å². The minimum Gasteiger partial charge on any atom is -0.353 e. The normalized spacial score (nSPS) is 29.9. The van der Waals surface area contributed by atoms with Crippen LogP contribution in [0.15, 0.2) is 30.3 Å². The fourth-order valence-electron chi connectivity index (χ4n) is 3.97. The number of amides is 1. The van der Waals surface area contributed by atoms with Gasteiger partial charge in [0.25, 0.3) is 0 Å². The Hall–Kier alpha value is -1.35. The molecule has 0 spiro atoms. The van der Waals surface area contributed by atoms with E-state index in [1.807, 2.05) is 0 Å². The monoisotopic (exact) mass is 272 g/mol. The first-order chi connectivity index (χ1) is 9.72. The predicted octanol–water partition coefficient (Wildman–Crippen LogP) is 2.42. The number of hydrogen-bond acceptors (Lipinski definition) is 2. The zero-order valence-electron chi connectivity index (χ0n) is 12.2. The van der Waals surface area contributed by atoms with Gasteiger partial charge in [0, 0.05) is 32.6 Å². The average Bonchev–Trinajstić information content (AvgIpc) is 2.40. The summed E-state index contributed by atoms with van der Waals surface area (Å²) in [5.74, 6) is 1.40. The molecule has 108 valence electrons. The molecule has 2 unspecified atom stereocenters. The number of carbonyl (C=O) groups excluding carboxylic acids is 1. The van der Waals surface area contributed by atoms with E-state index in [9.17, 15) is 4.79 Å². The van der Waals surface area contributed by atoms with Crippen molar-refractivity contribution in [3.63, 3.8) is 0 Å². The zero-order chi connectivity index (χ0) is 13.9. The van der Waals surface area contributed by atoms with Crippen molar-refractivity contribution in [2.45, 2.75) is 38.8 Å². The van der Waals surface area contributed by atoms with E-state index in [0.29, 0.717) is 17.9 Å². The number of fused-ring (bicyclic) bond motifs is 2. The first kappa shape index (κ1) is 13.6. The fraction of sp³-hybridized carbons (Fsp3) is 0.588. The van der Waals surface area contributed by atoms with Crippen molar-refractivity contribution in [2.75, 3.05) is 13.1 Å². The van der Waals surface area contributed by atoms with Crippen LogP contribution in [0, 0.1) is 11.8 Å². The first-order valence-electron chi connectivity index (χ1n) is 7.76. The molecular formula is C17H24N2O. The minimum atomic E-state index is 0.128. The highest BCUT2D eigenvalue weighted by Gasteiger charge is 2.39. The molecule has 3 nitrogen and oxygen atoms in total. The Morgan fingerprint density at radius 2 is 1.85 bits per heavy atom. The number of nitrogens with one attached hydrogen (secondary N) is 1. The average molecular weight is 272 g/mol. The second kappa shape index (κ2) is 5.96. The molecule has 3 rings (SSSR count). The molecule has 1 aromatic carbocycles. The fourth-order valence-corrected chi connectivity index (χ4v) is 3.97. The lowest BCUT2D eigenvalue weighted by atomic mass is 9.73. The van der Waals surface area contributed by atoms with Crippen LogP contribution in [-0.4, -0.2) is 29.9 Å². The van der Waals surface area contributed by atoms with Crippen molar-refractivity contribution in [3.8, 4) is 0 Å². The molecule has 2 atom stereocenters. The summed E-state index contributed by atoms with van der Waals surface area (Å²) in [7, 11) is 0. The summed E-state index contributed by atoms with van der Waals surface area (Å²) in [6, 6.07) is 11.1. The Balaban J connectivity index is 1.66. The summed E-state index contributed by atoms with van der Waals surface area (Å²) in [4.78, 5) is 14.0. The zero-order valence-corrected chi connectivity index (χ0v) is 12.2. The van der Waals surface area contributed by atoms with Crippen LogP contribution >= 0.6 is 0 Å². The van der Waals surface area contributed by atoms with E-state index in [2.05, 4.69) is 40.5 Å². The van der Waals surface area contributed by atoms with Crippen molar-refractivity contribution >= 4 is 5.91 Å². The number of rotatable bonds is 3. The third-order valence-electron chi connectivity index (χ3n) is 4.77. The van der Waals surface area contributed by atoms with Gasteiger partial charge in [0.05, 0.1) is 0 Å². The van der Waals surface area contributed by atoms with Gasteiger partial charge in [0.15, 0.2) is 0 Å². The van der Waals surface area contributed by atoms with Gasteiger partial charge in [-0.3, -0.25) is 9.69 Å². The summed E-state index contributed by atoms with van der Waals surface area (Å²) in [5, 5.41) is 3.20. The molecule has 2 bridgehead atoms. The molecule has 1 aromatic rings. The van der Waals surface area contributed by atoms with Crippen LogP contribution in [0.5, 0.6) is 0 Å². The summed E-state index contributed by atoms with van der Waals surface area (Å²) in [5.41, 5.74) is 1.39. The van der Waals surface area contributed by atoms with Gasteiger partial charge in [-0.25, -0.2) is 0 Å². The Bertz CT molecular complexity index is 445. The van der Waals surface area contributed by atoms with Crippen molar-refractivity contribution in [1.29, 1.82) is 0 Å². The summed E-state index contributed by atoms with van der Waals surface area (Å²) < 4.78 is 0. The molecule has 1 amide bonds. The highest BCUT2D eigenvalue weighted by atomic mass is 16.1. The molecule has 0 aromatic heterocycles. The maximum atomic E-state index is 11.4. The third-order valence-corrected chi connectivity index (χ3v) is 4.77. The number of likely N-dealkylation sites (tertiary alicyclic amines) is 1. The van der Waals surface area contributed by atoms with Gasteiger partial charge < -0.3 is 5.32 Å². The molecule has 3 heteroatoms. The molecule has 1 saturated carbocycles. The Morgan fingerprint density at radius 1 is 1.20 bits per heavy atom. The van der Waals surface area contributed by atoms with Gasteiger partial charge in [-0.05, 0) is 30.2 Å². The number of nitrogens with zero attached hydrogens (tertiary/aromatic N) is 1. The Morgan fingerprint density at radius 3 is 2.45 bits per heavy atom. The molecule has 1 aliphatic heterocycles. The van der Waals surface area contributed by atoms with Crippen LogP contribution in [0.1, 0.15) is 31.7 Å². The van der Waals surface area contributed by atoms with E-state index in [-0.39, 0.29) is 5.91 Å². The van der Waals surface area contributed by atoms with Crippen LogP contribution < -0.4 is 5.32 Å². The van der Waals surface area contributed by atoms with Crippen molar-refractivity contribution < 1.29 is 4.79 Å². The van der Waals surface area contributed by atoms with E-state index in [0.717, 1.165) is 19.6 Å². The van der Waals surface area contributed by atoms with Gasteiger partial charge in [0.2, 0.25) is 5.91 Å². The quantitative estimate of drug-likeness (QED) is 0.916. The second-order valence-corrected chi connectivity index (χ2v) is 6.36. The SMILES string of the molecule is CC(=O)NC1C2CCCC1CN(Cc1ccccc1)C2. The van der Waals surface area contributed by atoms with Gasteiger partial charge in [-0.2, -0.15) is 0 Å². The molecule has 1 saturated heterocycles. The maximum absolute atomic E-state index is 11.4. The number of piperidine rings is 1. The predicted molar refractivity (Wildman–Crippen MR) is 80.2 cm³/mol. The van der Waals surface area contributed by atoms with Crippen LogP contribution in [0.25, 0.3) is 0 Å². The highest BCUT2D eigenvalue weighted by molar-refractivity contribution is 5.73. The largest absolute Gasteiger partial charge is 0.353 e. The van der Waals surface area contributed by atoms with E-state index in [1.54, 1.807) is 6.92 Å². The molecule has 20 heavy (non-hydrogen) atoms. The van der Waals surface area contributed by atoms with Crippen molar-refractivity contribution in [2.24, 2.45) is 11.8 Å².